The molecule has 4 heteroatoms. The predicted molar refractivity (Wildman–Crippen MR) is 80.1 cm³/mol. The Labute approximate surface area is 118 Å². The van der Waals surface area contributed by atoms with Crippen molar-refractivity contribution in [1.29, 1.82) is 5.26 Å². The van der Waals surface area contributed by atoms with Crippen molar-refractivity contribution in [1.82, 2.24) is 0 Å². The zero-order valence-electron chi connectivity index (χ0n) is 11.4. The van der Waals surface area contributed by atoms with Crippen molar-refractivity contribution < 1.29 is 4.84 Å². The van der Waals surface area contributed by atoms with Gasteiger partial charge in [-0.05, 0) is 30.7 Å². The fourth-order valence-corrected chi connectivity index (χ4v) is 1.88. The smallest absolute Gasteiger partial charge is 0.188 e. The molecule has 0 radical (unpaired) electrons. The molecule has 2 rings (SSSR count). The van der Waals surface area contributed by atoms with Crippen molar-refractivity contribution in [3.05, 3.63) is 59.7 Å². The second-order valence-corrected chi connectivity index (χ2v) is 4.22. The molecule has 0 fully saturated rings. The lowest BCUT2D eigenvalue weighted by Gasteiger charge is -2.12. The summed E-state index contributed by atoms with van der Waals surface area (Å²) in [4.78, 5) is 4.72. The Hall–Kier alpha value is -2.80. The number of rotatable bonds is 4. The highest BCUT2D eigenvalue weighted by molar-refractivity contribution is 6.14. The average molecular weight is 265 g/mol. The van der Waals surface area contributed by atoms with Gasteiger partial charge < -0.3 is 10.2 Å². The molecule has 1 N–H and O–H groups in total. The van der Waals surface area contributed by atoms with E-state index >= 15 is 0 Å². The molecule has 0 bridgehead atoms. The first-order valence-corrected chi connectivity index (χ1v) is 6.19. The van der Waals surface area contributed by atoms with Gasteiger partial charge in [-0.25, -0.2) is 0 Å². The van der Waals surface area contributed by atoms with Crippen LogP contribution in [0.4, 0.5) is 11.4 Å². The van der Waals surface area contributed by atoms with Crippen molar-refractivity contribution in [3.8, 4) is 6.07 Å². The summed E-state index contributed by atoms with van der Waals surface area (Å²) in [5.41, 5.74) is 3.89. The van der Waals surface area contributed by atoms with Crippen LogP contribution in [0, 0.1) is 18.3 Å². The summed E-state index contributed by atoms with van der Waals surface area (Å²) in [5, 5.41) is 16.2. The quantitative estimate of drug-likeness (QED) is 0.678. The Morgan fingerprint density at radius 2 is 1.75 bits per heavy atom. The molecule has 0 amide bonds. The van der Waals surface area contributed by atoms with Crippen LogP contribution < -0.4 is 5.32 Å². The van der Waals surface area contributed by atoms with Crippen LogP contribution in [0.25, 0.3) is 0 Å². The first-order chi connectivity index (χ1) is 9.76. The topological polar surface area (TPSA) is 57.4 Å². The van der Waals surface area contributed by atoms with Gasteiger partial charge in [0.1, 0.15) is 13.2 Å². The molecule has 100 valence electrons. The summed E-state index contributed by atoms with van der Waals surface area (Å²) in [6, 6.07) is 17.5. The van der Waals surface area contributed by atoms with E-state index in [0.717, 1.165) is 16.9 Å². The lowest BCUT2D eigenvalue weighted by atomic mass is 10.1. The normalized spacial score (nSPS) is 10.8. The number of nitriles is 1. The van der Waals surface area contributed by atoms with E-state index in [9.17, 15) is 0 Å². The van der Waals surface area contributed by atoms with E-state index in [0.29, 0.717) is 5.56 Å². The van der Waals surface area contributed by atoms with Gasteiger partial charge in [0.05, 0.1) is 0 Å². The van der Waals surface area contributed by atoms with E-state index in [1.165, 1.54) is 7.11 Å². The number of oxime groups is 1. The van der Waals surface area contributed by atoms with Gasteiger partial charge in [-0.2, -0.15) is 5.26 Å². The Morgan fingerprint density at radius 3 is 2.40 bits per heavy atom. The molecule has 0 heterocycles. The Balaban J connectivity index is 2.41. The average Bonchev–Trinajstić information content (AvgIpc) is 2.48. The second-order valence-electron chi connectivity index (χ2n) is 4.22. The summed E-state index contributed by atoms with van der Waals surface area (Å²) in [7, 11) is 1.43. The van der Waals surface area contributed by atoms with E-state index in [1.54, 1.807) is 0 Å². The maximum atomic E-state index is 9.17. The molecule has 2 aromatic carbocycles. The Bertz CT molecular complexity index is 671. The fraction of sp³-hybridized carbons (Fsp3) is 0.125. The minimum Gasteiger partial charge on any atom is -0.398 e. The molecule has 0 aliphatic rings. The molecule has 0 aliphatic heterocycles. The second kappa shape index (κ2) is 6.39. The number of benzene rings is 2. The van der Waals surface area contributed by atoms with Crippen LogP contribution in [0.5, 0.6) is 0 Å². The Kier molecular flexibility index (Phi) is 4.35. The summed E-state index contributed by atoms with van der Waals surface area (Å²) in [5.74, 6) is 0. The molecule has 0 saturated heterocycles. The number of para-hydroxylation sites is 2. The number of nitrogens with zero attached hydrogens (tertiary/aromatic N) is 2. The van der Waals surface area contributed by atoms with E-state index in [2.05, 4.69) is 10.5 Å². The highest BCUT2D eigenvalue weighted by atomic mass is 16.6. The van der Waals surface area contributed by atoms with Crippen LogP contribution in [0.15, 0.2) is 53.7 Å². The van der Waals surface area contributed by atoms with Crippen molar-refractivity contribution in [2.75, 3.05) is 12.4 Å². The highest BCUT2D eigenvalue weighted by Gasteiger charge is 2.10. The third-order valence-electron chi connectivity index (χ3n) is 2.89. The summed E-state index contributed by atoms with van der Waals surface area (Å²) in [6.07, 6.45) is 0. The van der Waals surface area contributed by atoms with Gasteiger partial charge in [-0.3, -0.25) is 0 Å². The first-order valence-electron chi connectivity index (χ1n) is 6.19. The molecular formula is C16H15N3O. The maximum absolute atomic E-state index is 9.17. The number of nitrogens with one attached hydrogen (secondary N) is 1. The molecule has 0 atom stereocenters. The van der Waals surface area contributed by atoms with Crippen LogP contribution in [-0.4, -0.2) is 12.8 Å². The van der Waals surface area contributed by atoms with Crippen molar-refractivity contribution in [3.63, 3.8) is 0 Å². The van der Waals surface area contributed by atoms with Gasteiger partial charge in [0.25, 0.3) is 0 Å². The summed E-state index contributed by atoms with van der Waals surface area (Å²) < 4.78 is 0. The minimum absolute atomic E-state index is 0.240. The molecule has 0 aliphatic carbocycles. The zero-order chi connectivity index (χ0) is 14.4. The molecule has 0 spiro atoms. The molecule has 0 unspecified atom stereocenters. The monoisotopic (exact) mass is 265 g/mol. The molecule has 4 nitrogen and oxygen atoms in total. The standard InChI is InChI=1S/C16H15N3O/c1-12-7-3-5-9-14(12)18-15-10-6-4-8-13(15)16(11-17)19-20-2/h3-10,18H,1-2H3/b19-16-. The largest absolute Gasteiger partial charge is 0.398 e. The van der Waals surface area contributed by atoms with Gasteiger partial charge in [0.2, 0.25) is 0 Å². The molecule has 20 heavy (non-hydrogen) atoms. The predicted octanol–water partition coefficient (Wildman–Crippen LogP) is 3.61. The van der Waals surface area contributed by atoms with Gasteiger partial charge in [-0.15, -0.1) is 0 Å². The number of hydrogen-bond donors (Lipinski definition) is 1. The molecule has 2 aromatic rings. The number of aryl methyl sites for hydroxylation is 1. The minimum atomic E-state index is 0.240. The molecule has 0 saturated carbocycles. The van der Waals surface area contributed by atoms with Crippen molar-refractivity contribution >= 4 is 17.1 Å². The van der Waals surface area contributed by atoms with Gasteiger partial charge in [0, 0.05) is 16.9 Å². The van der Waals surface area contributed by atoms with E-state index in [1.807, 2.05) is 61.5 Å². The van der Waals surface area contributed by atoms with E-state index in [-0.39, 0.29) is 5.71 Å². The molecule has 0 aromatic heterocycles. The number of anilines is 2. The fourth-order valence-electron chi connectivity index (χ4n) is 1.88. The van der Waals surface area contributed by atoms with Crippen molar-refractivity contribution in [2.45, 2.75) is 6.92 Å². The van der Waals surface area contributed by atoms with Crippen LogP contribution in [0.1, 0.15) is 11.1 Å². The summed E-state index contributed by atoms with van der Waals surface area (Å²) in [6.45, 7) is 2.03. The maximum Gasteiger partial charge on any atom is 0.188 e. The zero-order valence-corrected chi connectivity index (χ0v) is 11.4. The SMILES string of the molecule is CO/N=C(/C#N)c1ccccc1Nc1ccccc1C. The first kappa shape index (κ1) is 13.6. The van der Waals surface area contributed by atoms with E-state index < -0.39 is 0 Å². The van der Waals surface area contributed by atoms with Gasteiger partial charge >= 0.3 is 0 Å². The van der Waals surface area contributed by atoms with Gasteiger partial charge in [0.15, 0.2) is 5.71 Å². The lowest BCUT2D eigenvalue weighted by Crippen LogP contribution is -2.04. The third-order valence-corrected chi connectivity index (χ3v) is 2.89. The van der Waals surface area contributed by atoms with E-state index in [4.69, 9.17) is 10.1 Å². The van der Waals surface area contributed by atoms with Crippen molar-refractivity contribution in [2.24, 2.45) is 5.16 Å². The summed E-state index contributed by atoms with van der Waals surface area (Å²) >= 11 is 0. The van der Waals surface area contributed by atoms with Gasteiger partial charge in [-0.1, -0.05) is 35.5 Å². The Morgan fingerprint density at radius 1 is 1.10 bits per heavy atom. The van der Waals surface area contributed by atoms with Crippen LogP contribution >= 0.6 is 0 Å². The van der Waals surface area contributed by atoms with Crippen LogP contribution in [0.2, 0.25) is 0 Å². The third kappa shape index (κ3) is 2.96. The molecular weight excluding hydrogens is 250 g/mol. The van der Waals surface area contributed by atoms with Crippen LogP contribution in [-0.2, 0) is 4.84 Å². The number of hydrogen-bond acceptors (Lipinski definition) is 4. The van der Waals surface area contributed by atoms with Crippen LogP contribution in [0.3, 0.4) is 0 Å². The lowest BCUT2D eigenvalue weighted by molar-refractivity contribution is 0.214. The highest BCUT2D eigenvalue weighted by Crippen LogP contribution is 2.23.